The summed E-state index contributed by atoms with van der Waals surface area (Å²) >= 11 is 0. The minimum atomic E-state index is -0.426. The van der Waals surface area contributed by atoms with E-state index in [2.05, 4.69) is 5.32 Å². The van der Waals surface area contributed by atoms with Crippen molar-refractivity contribution in [2.24, 2.45) is 0 Å². The molecule has 0 radical (unpaired) electrons. The molecule has 25 heavy (non-hydrogen) atoms. The Morgan fingerprint density at radius 2 is 1.60 bits per heavy atom. The SMILES string of the molecule is CCN(Cc1ccccc1)C(=O)CC(=O)Nc1ccccc1C(C)=O. The summed E-state index contributed by atoms with van der Waals surface area (Å²) in [5, 5.41) is 2.66. The predicted octanol–water partition coefficient (Wildman–Crippen LogP) is 3.27. The van der Waals surface area contributed by atoms with Gasteiger partial charge in [0.2, 0.25) is 11.8 Å². The average Bonchev–Trinajstić information content (AvgIpc) is 2.60. The first kappa shape index (κ1) is 18.4. The zero-order valence-corrected chi connectivity index (χ0v) is 14.5. The van der Waals surface area contributed by atoms with E-state index in [9.17, 15) is 14.4 Å². The van der Waals surface area contributed by atoms with Gasteiger partial charge < -0.3 is 10.2 Å². The molecular formula is C20H22N2O3. The number of rotatable bonds is 7. The second-order valence-corrected chi connectivity index (χ2v) is 5.72. The molecule has 0 aromatic heterocycles. The molecule has 0 aliphatic rings. The molecule has 0 saturated heterocycles. The van der Waals surface area contributed by atoms with Gasteiger partial charge in [0, 0.05) is 18.7 Å². The lowest BCUT2D eigenvalue weighted by Gasteiger charge is -2.21. The molecule has 0 bridgehead atoms. The van der Waals surface area contributed by atoms with Crippen LogP contribution in [0.5, 0.6) is 0 Å². The molecule has 2 amide bonds. The number of carbonyl (C=O) groups is 3. The van der Waals surface area contributed by atoms with Crippen LogP contribution in [0.25, 0.3) is 0 Å². The lowest BCUT2D eigenvalue weighted by Crippen LogP contribution is -2.33. The van der Waals surface area contributed by atoms with Gasteiger partial charge in [-0.25, -0.2) is 0 Å². The summed E-state index contributed by atoms with van der Waals surface area (Å²) in [6.07, 6.45) is -0.257. The van der Waals surface area contributed by atoms with E-state index in [4.69, 9.17) is 0 Å². The van der Waals surface area contributed by atoms with Gasteiger partial charge in [-0.3, -0.25) is 14.4 Å². The third kappa shape index (κ3) is 5.28. The predicted molar refractivity (Wildman–Crippen MR) is 97.2 cm³/mol. The van der Waals surface area contributed by atoms with Gasteiger partial charge in [0.1, 0.15) is 6.42 Å². The number of amides is 2. The van der Waals surface area contributed by atoms with Gasteiger partial charge in [-0.05, 0) is 31.5 Å². The standard InChI is InChI=1S/C20H22N2O3/c1-3-22(14-16-9-5-4-6-10-16)20(25)13-19(24)21-18-12-8-7-11-17(18)15(2)23/h4-12H,3,13-14H2,1-2H3,(H,21,24). The van der Waals surface area contributed by atoms with Gasteiger partial charge in [-0.1, -0.05) is 42.5 Å². The fourth-order valence-electron chi connectivity index (χ4n) is 2.52. The maximum Gasteiger partial charge on any atom is 0.233 e. The Morgan fingerprint density at radius 1 is 0.960 bits per heavy atom. The first-order valence-corrected chi connectivity index (χ1v) is 8.22. The molecule has 130 valence electrons. The number of ketones is 1. The van der Waals surface area contributed by atoms with Crippen LogP contribution in [-0.4, -0.2) is 29.0 Å². The van der Waals surface area contributed by atoms with Gasteiger partial charge in [-0.2, -0.15) is 0 Å². The third-order valence-corrected chi connectivity index (χ3v) is 3.84. The van der Waals surface area contributed by atoms with Crippen molar-refractivity contribution in [3.63, 3.8) is 0 Å². The number of anilines is 1. The molecule has 0 aliphatic carbocycles. The van der Waals surface area contributed by atoms with Crippen LogP contribution in [0.3, 0.4) is 0 Å². The van der Waals surface area contributed by atoms with Crippen LogP contribution in [0.2, 0.25) is 0 Å². The Hall–Kier alpha value is -2.95. The van der Waals surface area contributed by atoms with Crippen molar-refractivity contribution < 1.29 is 14.4 Å². The number of hydrogen-bond donors (Lipinski definition) is 1. The average molecular weight is 338 g/mol. The van der Waals surface area contributed by atoms with Crippen LogP contribution >= 0.6 is 0 Å². The van der Waals surface area contributed by atoms with E-state index in [1.807, 2.05) is 37.3 Å². The lowest BCUT2D eigenvalue weighted by molar-refractivity contribution is -0.134. The van der Waals surface area contributed by atoms with E-state index < -0.39 is 5.91 Å². The van der Waals surface area contributed by atoms with E-state index >= 15 is 0 Å². The van der Waals surface area contributed by atoms with E-state index in [1.54, 1.807) is 29.2 Å². The Bertz CT molecular complexity index is 757. The van der Waals surface area contributed by atoms with Gasteiger partial charge in [0.25, 0.3) is 0 Å². The smallest absolute Gasteiger partial charge is 0.233 e. The van der Waals surface area contributed by atoms with E-state index in [-0.39, 0.29) is 18.1 Å². The van der Waals surface area contributed by atoms with E-state index in [0.29, 0.717) is 24.3 Å². The summed E-state index contributed by atoms with van der Waals surface area (Å²) in [4.78, 5) is 37.8. The Labute approximate surface area is 147 Å². The molecule has 0 saturated carbocycles. The van der Waals surface area contributed by atoms with Crippen molar-refractivity contribution in [1.82, 2.24) is 4.90 Å². The van der Waals surface area contributed by atoms with E-state index in [0.717, 1.165) is 5.56 Å². The molecule has 2 rings (SSSR count). The van der Waals surface area contributed by atoms with Gasteiger partial charge in [-0.15, -0.1) is 0 Å². The largest absolute Gasteiger partial charge is 0.338 e. The quantitative estimate of drug-likeness (QED) is 0.622. The molecule has 5 heteroatoms. The summed E-state index contributed by atoms with van der Waals surface area (Å²) in [5.41, 5.74) is 1.87. The second kappa shape index (κ2) is 8.78. The van der Waals surface area contributed by atoms with Crippen molar-refractivity contribution in [2.45, 2.75) is 26.8 Å². The number of hydrogen-bond acceptors (Lipinski definition) is 3. The molecule has 0 heterocycles. The lowest BCUT2D eigenvalue weighted by atomic mass is 10.1. The molecule has 0 aliphatic heterocycles. The van der Waals surface area contributed by atoms with Crippen LogP contribution in [0, 0.1) is 0 Å². The minimum absolute atomic E-state index is 0.138. The van der Waals surface area contributed by atoms with Crippen LogP contribution in [0.4, 0.5) is 5.69 Å². The van der Waals surface area contributed by atoms with Crippen molar-refractivity contribution >= 4 is 23.3 Å². The Kier molecular flexibility index (Phi) is 6.46. The molecule has 2 aromatic carbocycles. The Morgan fingerprint density at radius 3 is 2.24 bits per heavy atom. The number of Topliss-reactive ketones (excluding diaryl/α,β-unsaturated/α-hetero) is 1. The van der Waals surface area contributed by atoms with Crippen LogP contribution in [0.1, 0.15) is 36.2 Å². The molecule has 0 fully saturated rings. The second-order valence-electron chi connectivity index (χ2n) is 5.72. The minimum Gasteiger partial charge on any atom is -0.338 e. The van der Waals surface area contributed by atoms with Crippen molar-refractivity contribution in [3.8, 4) is 0 Å². The summed E-state index contributed by atoms with van der Waals surface area (Å²) in [6, 6.07) is 16.4. The molecule has 0 unspecified atom stereocenters. The molecule has 5 nitrogen and oxygen atoms in total. The summed E-state index contributed by atoms with van der Waals surface area (Å²) in [5.74, 6) is -0.809. The first-order chi connectivity index (χ1) is 12.0. The number of para-hydroxylation sites is 1. The summed E-state index contributed by atoms with van der Waals surface area (Å²) < 4.78 is 0. The summed E-state index contributed by atoms with van der Waals surface area (Å²) in [6.45, 7) is 4.30. The maximum atomic E-state index is 12.4. The highest BCUT2D eigenvalue weighted by atomic mass is 16.2. The molecule has 1 N–H and O–H groups in total. The van der Waals surface area contributed by atoms with Gasteiger partial charge in [0.15, 0.2) is 5.78 Å². The fraction of sp³-hybridized carbons (Fsp3) is 0.250. The monoisotopic (exact) mass is 338 g/mol. The molecule has 0 spiro atoms. The zero-order valence-electron chi connectivity index (χ0n) is 14.5. The van der Waals surface area contributed by atoms with Crippen molar-refractivity contribution in [1.29, 1.82) is 0 Å². The number of nitrogens with zero attached hydrogens (tertiary/aromatic N) is 1. The van der Waals surface area contributed by atoms with Crippen LogP contribution in [-0.2, 0) is 16.1 Å². The normalized spacial score (nSPS) is 10.2. The fourth-order valence-corrected chi connectivity index (χ4v) is 2.52. The van der Waals surface area contributed by atoms with Crippen LogP contribution < -0.4 is 5.32 Å². The van der Waals surface area contributed by atoms with Gasteiger partial charge >= 0.3 is 0 Å². The van der Waals surface area contributed by atoms with Crippen molar-refractivity contribution in [3.05, 3.63) is 65.7 Å². The highest BCUT2D eigenvalue weighted by Gasteiger charge is 2.17. The highest BCUT2D eigenvalue weighted by molar-refractivity contribution is 6.07. The Balaban J connectivity index is 1.99. The topological polar surface area (TPSA) is 66.5 Å². The molecular weight excluding hydrogens is 316 g/mol. The third-order valence-electron chi connectivity index (χ3n) is 3.84. The molecule has 0 atom stereocenters. The highest BCUT2D eigenvalue weighted by Crippen LogP contribution is 2.16. The number of carbonyl (C=O) groups excluding carboxylic acids is 3. The summed E-state index contributed by atoms with van der Waals surface area (Å²) in [7, 11) is 0. The zero-order chi connectivity index (χ0) is 18.2. The molecule has 2 aromatic rings. The van der Waals surface area contributed by atoms with Crippen molar-refractivity contribution in [2.75, 3.05) is 11.9 Å². The first-order valence-electron chi connectivity index (χ1n) is 8.22. The van der Waals surface area contributed by atoms with E-state index in [1.165, 1.54) is 6.92 Å². The van der Waals surface area contributed by atoms with Gasteiger partial charge in [0.05, 0.1) is 5.69 Å². The number of nitrogens with one attached hydrogen (secondary N) is 1. The number of benzene rings is 2. The van der Waals surface area contributed by atoms with Crippen LogP contribution in [0.15, 0.2) is 54.6 Å². The maximum absolute atomic E-state index is 12.4.